The summed E-state index contributed by atoms with van der Waals surface area (Å²) in [4.78, 5) is 12.1. The van der Waals surface area contributed by atoms with Gasteiger partial charge in [0.2, 0.25) is 5.91 Å². The number of carbonyl (C=O) groups is 1. The van der Waals surface area contributed by atoms with Crippen molar-refractivity contribution in [2.45, 2.75) is 50.2 Å². The first-order valence-corrected chi connectivity index (χ1v) is 6.93. The van der Waals surface area contributed by atoms with Gasteiger partial charge < -0.3 is 15.4 Å². The van der Waals surface area contributed by atoms with Gasteiger partial charge in [0.15, 0.2) is 0 Å². The van der Waals surface area contributed by atoms with E-state index in [4.69, 9.17) is 4.74 Å². The summed E-state index contributed by atoms with van der Waals surface area (Å²) >= 11 is 0. The maximum absolute atomic E-state index is 12.1. The van der Waals surface area contributed by atoms with Gasteiger partial charge in [-0.1, -0.05) is 0 Å². The maximum atomic E-state index is 12.1. The number of ether oxygens (including phenoxy) is 1. The van der Waals surface area contributed by atoms with Gasteiger partial charge in [-0.25, -0.2) is 0 Å². The smallest absolute Gasteiger partial charge is 0.225 e. The largest absolute Gasteiger partial charge is 0.374 e. The molecule has 96 valence electrons. The lowest BCUT2D eigenvalue weighted by Crippen LogP contribution is -2.44. The first kappa shape index (κ1) is 11.5. The topological polar surface area (TPSA) is 50.4 Å². The zero-order valence-corrected chi connectivity index (χ0v) is 10.3. The standard InChI is InChI=1S/C13H22N2O2/c16-12(15-11-2-1-3-11)10-8-13(17-9-10)4-6-14-7-5-13/h10-11,14H,1-9H2,(H,15,16)/t10-/m0/s1. The molecule has 3 aliphatic rings. The van der Waals surface area contributed by atoms with Gasteiger partial charge in [-0.3, -0.25) is 4.79 Å². The monoisotopic (exact) mass is 238 g/mol. The molecule has 1 spiro atoms. The van der Waals surface area contributed by atoms with Crippen LogP contribution in [0.5, 0.6) is 0 Å². The molecule has 0 aromatic rings. The number of hydrogen-bond acceptors (Lipinski definition) is 3. The van der Waals surface area contributed by atoms with Crippen molar-refractivity contribution in [1.29, 1.82) is 0 Å². The van der Waals surface area contributed by atoms with Crippen LogP contribution in [0, 0.1) is 5.92 Å². The second-order valence-electron chi connectivity index (χ2n) is 5.78. The molecule has 2 N–H and O–H groups in total. The van der Waals surface area contributed by atoms with Gasteiger partial charge in [0.1, 0.15) is 0 Å². The third kappa shape index (κ3) is 2.33. The van der Waals surface area contributed by atoms with E-state index >= 15 is 0 Å². The fourth-order valence-corrected chi connectivity index (χ4v) is 3.12. The zero-order chi connectivity index (χ0) is 11.7. The van der Waals surface area contributed by atoms with Gasteiger partial charge in [0, 0.05) is 6.04 Å². The van der Waals surface area contributed by atoms with Crippen molar-refractivity contribution in [3.63, 3.8) is 0 Å². The second kappa shape index (κ2) is 4.58. The summed E-state index contributed by atoms with van der Waals surface area (Å²) in [5.41, 5.74) is 0.00682. The van der Waals surface area contributed by atoms with Crippen molar-refractivity contribution < 1.29 is 9.53 Å². The Hall–Kier alpha value is -0.610. The Labute approximate surface area is 102 Å². The Morgan fingerprint density at radius 2 is 2.06 bits per heavy atom. The lowest BCUT2D eigenvalue weighted by molar-refractivity contribution is -0.126. The average molecular weight is 238 g/mol. The molecule has 1 amide bonds. The molecule has 0 unspecified atom stereocenters. The van der Waals surface area contributed by atoms with Crippen molar-refractivity contribution in [3.05, 3.63) is 0 Å². The van der Waals surface area contributed by atoms with Gasteiger partial charge in [-0.15, -0.1) is 0 Å². The predicted molar refractivity (Wildman–Crippen MR) is 64.7 cm³/mol. The molecule has 2 aliphatic heterocycles. The van der Waals surface area contributed by atoms with E-state index in [1.807, 2.05) is 0 Å². The van der Waals surface area contributed by atoms with Crippen LogP contribution in [-0.4, -0.2) is 37.2 Å². The lowest BCUT2D eigenvalue weighted by Gasteiger charge is -2.33. The van der Waals surface area contributed by atoms with Crippen LogP contribution in [0.3, 0.4) is 0 Å². The predicted octanol–water partition coefficient (Wildman–Crippen LogP) is 0.814. The third-order valence-electron chi connectivity index (χ3n) is 4.55. The van der Waals surface area contributed by atoms with Crippen molar-refractivity contribution in [3.8, 4) is 0 Å². The summed E-state index contributed by atoms with van der Waals surface area (Å²) < 4.78 is 5.95. The molecular weight excluding hydrogens is 216 g/mol. The first-order chi connectivity index (χ1) is 8.27. The van der Waals surface area contributed by atoms with Gasteiger partial charge >= 0.3 is 0 Å². The average Bonchev–Trinajstić information content (AvgIpc) is 2.68. The number of amides is 1. The fraction of sp³-hybridized carbons (Fsp3) is 0.923. The summed E-state index contributed by atoms with van der Waals surface area (Å²) in [5, 5.41) is 6.50. The number of rotatable bonds is 2. The van der Waals surface area contributed by atoms with E-state index in [9.17, 15) is 4.79 Å². The number of nitrogens with one attached hydrogen (secondary N) is 2. The molecule has 2 heterocycles. The van der Waals surface area contributed by atoms with Crippen LogP contribution >= 0.6 is 0 Å². The number of carbonyl (C=O) groups excluding carboxylic acids is 1. The van der Waals surface area contributed by atoms with Crippen LogP contribution in [0.1, 0.15) is 38.5 Å². The number of piperidine rings is 1. The fourth-order valence-electron chi connectivity index (χ4n) is 3.12. The molecule has 1 atom stereocenters. The van der Waals surface area contributed by atoms with Gasteiger partial charge in [0.25, 0.3) is 0 Å². The van der Waals surface area contributed by atoms with Gasteiger partial charge in [0.05, 0.1) is 18.1 Å². The Kier molecular flexibility index (Phi) is 3.09. The SMILES string of the molecule is O=C(NC1CCC1)[C@@H]1COC2(CCNCC2)C1. The highest BCUT2D eigenvalue weighted by Gasteiger charge is 2.43. The highest BCUT2D eigenvalue weighted by Crippen LogP contribution is 2.37. The lowest BCUT2D eigenvalue weighted by atomic mass is 9.85. The minimum atomic E-state index is 0.00682. The summed E-state index contributed by atoms with van der Waals surface area (Å²) in [6.07, 6.45) is 6.62. The van der Waals surface area contributed by atoms with Crippen molar-refractivity contribution >= 4 is 5.91 Å². The normalized spacial score (nSPS) is 32.4. The molecule has 3 fully saturated rings. The molecule has 3 rings (SSSR count). The van der Waals surface area contributed by atoms with E-state index in [0.29, 0.717) is 12.6 Å². The van der Waals surface area contributed by atoms with Crippen molar-refractivity contribution in [2.75, 3.05) is 19.7 Å². The zero-order valence-electron chi connectivity index (χ0n) is 10.3. The number of hydrogen-bond donors (Lipinski definition) is 2. The Morgan fingerprint density at radius 1 is 1.29 bits per heavy atom. The molecule has 0 aromatic heterocycles. The third-order valence-corrected chi connectivity index (χ3v) is 4.55. The Morgan fingerprint density at radius 3 is 2.71 bits per heavy atom. The quantitative estimate of drug-likeness (QED) is 0.748. The summed E-state index contributed by atoms with van der Waals surface area (Å²) in [5.74, 6) is 0.318. The molecule has 1 aliphatic carbocycles. The van der Waals surface area contributed by atoms with E-state index < -0.39 is 0 Å². The molecule has 0 bridgehead atoms. The molecule has 4 heteroatoms. The van der Waals surface area contributed by atoms with Crippen LogP contribution in [0.15, 0.2) is 0 Å². The van der Waals surface area contributed by atoms with E-state index in [0.717, 1.165) is 45.2 Å². The molecular formula is C13H22N2O2. The summed E-state index contributed by atoms with van der Waals surface area (Å²) in [6.45, 7) is 2.67. The van der Waals surface area contributed by atoms with Crippen LogP contribution < -0.4 is 10.6 Å². The van der Waals surface area contributed by atoms with Crippen molar-refractivity contribution in [1.82, 2.24) is 10.6 Å². The van der Waals surface area contributed by atoms with Gasteiger partial charge in [-0.2, -0.15) is 0 Å². The highest BCUT2D eigenvalue weighted by atomic mass is 16.5. The minimum absolute atomic E-state index is 0.00682. The van der Waals surface area contributed by atoms with Crippen LogP contribution in [0.2, 0.25) is 0 Å². The molecule has 1 saturated carbocycles. The van der Waals surface area contributed by atoms with E-state index in [1.54, 1.807) is 0 Å². The Bertz CT molecular complexity index is 296. The van der Waals surface area contributed by atoms with E-state index in [2.05, 4.69) is 10.6 Å². The van der Waals surface area contributed by atoms with E-state index in [1.165, 1.54) is 6.42 Å². The van der Waals surface area contributed by atoms with Crippen molar-refractivity contribution in [2.24, 2.45) is 5.92 Å². The maximum Gasteiger partial charge on any atom is 0.225 e. The first-order valence-electron chi connectivity index (χ1n) is 6.93. The molecule has 0 radical (unpaired) electrons. The molecule has 4 nitrogen and oxygen atoms in total. The molecule has 17 heavy (non-hydrogen) atoms. The van der Waals surface area contributed by atoms with Crippen LogP contribution in [0.4, 0.5) is 0 Å². The van der Waals surface area contributed by atoms with Crippen LogP contribution in [-0.2, 0) is 9.53 Å². The highest BCUT2D eigenvalue weighted by molar-refractivity contribution is 5.79. The Balaban J connectivity index is 1.53. The summed E-state index contributed by atoms with van der Waals surface area (Å²) in [7, 11) is 0. The molecule has 0 aromatic carbocycles. The minimum Gasteiger partial charge on any atom is -0.374 e. The second-order valence-corrected chi connectivity index (χ2v) is 5.78. The summed E-state index contributed by atoms with van der Waals surface area (Å²) in [6, 6.07) is 0.451. The van der Waals surface area contributed by atoms with Crippen LogP contribution in [0.25, 0.3) is 0 Å². The van der Waals surface area contributed by atoms with E-state index in [-0.39, 0.29) is 17.4 Å². The molecule has 2 saturated heterocycles. The van der Waals surface area contributed by atoms with Gasteiger partial charge in [-0.05, 0) is 51.6 Å².